The molecule has 6 heteroatoms. The number of hydrogen-bond donors (Lipinski definition) is 2. The van der Waals surface area contributed by atoms with Crippen molar-refractivity contribution in [3.05, 3.63) is 40.6 Å². The molecule has 2 heterocycles. The quantitative estimate of drug-likeness (QED) is 0.785. The summed E-state index contributed by atoms with van der Waals surface area (Å²) >= 11 is 1.69. The van der Waals surface area contributed by atoms with Crippen LogP contribution in [0.4, 0.5) is 0 Å². The monoisotopic (exact) mass is 306 g/mol. The number of hydrogen-bond acceptors (Lipinski definition) is 4. The highest BCUT2D eigenvalue weighted by molar-refractivity contribution is 7.10. The molecule has 0 fully saturated rings. The van der Waals surface area contributed by atoms with Crippen LogP contribution in [0, 0.1) is 0 Å². The summed E-state index contributed by atoms with van der Waals surface area (Å²) in [6.45, 7) is 3.42. The van der Waals surface area contributed by atoms with Gasteiger partial charge in [-0.05, 0) is 17.9 Å². The highest BCUT2D eigenvalue weighted by atomic mass is 32.1. The van der Waals surface area contributed by atoms with Crippen LogP contribution in [-0.4, -0.2) is 28.5 Å². The zero-order valence-corrected chi connectivity index (χ0v) is 13.3. The summed E-state index contributed by atoms with van der Waals surface area (Å²) < 4.78 is 2.01. The van der Waals surface area contributed by atoms with Gasteiger partial charge in [-0.15, -0.1) is 11.3 Å². The molecule has 2 aromatic heterocycles. The fraction of sp³-hybridized carbons (Fsp3) is 0.467. The number of carbonyl (C=O) groups is 1. The lowest BCUT2D eigenvalue weighted by Crippen LogP contribution is -2.31. The van der Waals surface area contributed by atoms with E-state index in [2.05, 4.69) is 27.1 Å². The number of aromatic nitrogens is 2. The predicted octanol–water partition coefficient (Wildman–Crippen LogP) is 2.08. The van der Waals surface area contributed by atoms with Crippen molar-refractivity contribution in [2.45, 2.75) is 25.8 Å². The summed E-state index contributed by atoms with van der Waals surface area (Å²) in [5.41, 5.74) is 0. The first-order valence-corrected chi connectivity index (χ1v) is 8.11. The van der Waals surface area contributed by atoms with E-state index in [0.29, 0.717) is 13.0 Å². The first kappa shape index (κ1) is 15.7. The van der Waals surface area contributed by atoms with Crippen LogP contribution in [0.3, 0.4) is 0 Å². The van der Waals surface area contributed by atoms with Crippen molar-refractivity contribution < 1.29 is 4.79 Å². The summed E-state index contributed by atoms with van der Waals surface area (Å²) in [4.78, 5) is 17.3. The lowest BCUT2D eigenvalue weighted by Gasteiger charge is -2.17. The average molecular weight is 306 g/mol. The molecule has 21 heavy (non-hydrogen) atoms. The second kappa shape index (κ2) is 7.95. The number of nitrogens with zero attached hydrogens (tertiary/aromatic N) is 2. The molecule has 2 N–H and O–H groups in total. The SMILES string of the molecule is CCCNC(=O)CCNC(c1cccs1)c1nccn1C. The summed E-state index contributed by atoms with van der Waals surface area (Å²) in [6, 6.07) is 4.16. The van der Waals surface area contributed by atoms with Crippen molar-refractivity contribution >= 4 is 17.2 Å². The lowest BCUT2D eigenvalue weighted by molar-refractivity contribution is -0.121. The van der Waals surface area contributed by atoms with Gasteiger partial charge in [0, 0.05) is 43.8 Å². The molecule has 0 aliphatic rings. The Morgan fingerprint density at radius 3 is 2.95 bits per heavy atom. The maximum Gasteiger partial charge on any atom is 0.221 e. The Bertz CT molecular complexity index is 550. The van der Waals surface area contributed by atoms with E-state index in [1.54, 1.807) is 17.5 Å². The number of amides is 1. The third-order valence-electron chi connectivity index (χ3n) is 3.22. The fourth-order valence-corrected chi connectivity index (χ4v) is 2.91. The van der Waals surface area contributed by atoms with Gasteiger partial charge in [0.05, 0.1) is 0 Å². The first-order chi connectivity index (χ1) is 10.2. The minimum atomic E-state index is 0.0315. The van der Waals surface area contributed by atoms with Crippen molar-refractivity contribution in [3.8, 4) is 0 Å². The van der Waals surface area contributed by atoms with E-state index in [0.717, 1.165) is 18.8 Å². The van der Waals surface area contributed by atoms with Crippen LogP contribution in [0.5, 0.6) is 0 Å². The minimum absolute atomic E-state index is 0.0315. The number of thiophene rings is 1. The van der Waals surface area contributed by atoms with Crippen LogP contribution >= 0.6 is 11.3 Å². The van der Waals surface area contributed by atoms with Crippen LogP contribution in [0.15, 0.2) is 29.9 Å². The molecule has 0 aromatic carbocycles. The standard InChI is InChI=1S/C15H22N4OS/c1-3-7-16-13(20)6-8-17-14(12-5-4-11-21-12)15-18-9-10-19(15)2/h4-5,9-11,14,17H,3,6-8H2,1-2H3,(H,16,20). The number of nitrogens with one attached hydrogen (secondary N) is 2. The van der Waals surface area contributed by atoms with E-state index in [1.807, 2.05) is 30.8 Å². The maximum atomic E-state index is 11.7. The minimum Gasteiger partial charge on any atom is -0.356 e. The second-order valence-electron chi connectivity index (χ2n) is 4.90. The van der Waals surface area contributed by atoms with Gasteiger partial charge in [0.15, 0.2) is 0 Å². The molecule has 2 aromatic rings. The van der Waals surface area contributed by atoms with Gasteiger partial charge < -0.3 is 15.2 Å². The van der Waals surface area contributed by atoms with E-state index in [4.69, 9.17) is 0 Å². The number of imidazole rings is 1. The van der Waals surface area contributed by atoms with Gasteiger partial charge in [0.2, 0.25) is 5.91 Å². The summed E-state index contributed by atoms with van der Waals surface area (Å²) in [6.07, 6.45) is 5.17. The van der Waals surface area contributed by atoms with Crippen LogP contribution < -0.4 is 10.6 Å². The van der Waals surface area contributed by atoms with Crippen molar-refractivity contribution in [2.75, 3.05) is 13.1 Å². The molecule has 1 unspecified atom stereocenters. The Balaban J connectivity index is 1.95. The molecule has 2 rings (SSSR count). The zero-order valence-electron chi connectivity index (χ0n) is 12.5. The first-order valence-electron chi connectivity index (χ1n) is 7.23. The summed E-state index contributed by atoms with van der Waals surface area (Å²) in [7, 11) is 1.98. The van der Waals surface area contributed by atoms with E-state index < -0.39 is 0 Å². The van der Waals surface area contributed by atoms with Crippen LogP contribution in [0.25, 0.3) is 0 Å². The van der Waals surface area contributed by atoms with Gasteiger partial charge in [0.25, 0.3) is 0 Å². The van der Waals surface area contributed by atoms with E-state index >= 15 is 0 Å². The molecule has 0 aliphatic carbocycles. The van der Waals surface area contributed by atoms with E-state index in [9.17, 15) is 4.79 Å². The Kier molecular flexibility index (Phi) is 5.95. The number of carbonyl (C=O) groups excluding carboxylic acids is 1. The van der Waals surface area contributed by atoms with Crippen molar-refractivity contribution in [1.29, 1.82) is 0 Å². The summed E-state index contributed by atoms with van der Waals surface area (Å²) in [5.74, 6) is 1.06. The molecule has 0 bridgehead atoms. The highest BCUT2D eigenvalue weighted by Gasteiger charge is 2.18. The molecule has 0 saturated carbocycles. The van der Waals surface area contributed by atoms with Crippen LogP contribution in [0.2, 0.25) is 0 Å². The van der Waals surface area contributed by atoms with Gasteiger partial charge in [-0.2, -0.15) is 0 Å². The van der Waals surface area contributed by atoms with Crippen molar-refractivity contribution in [3.63, 3.8) is 0 Å². The third-order valence-corrected chi connectivity index (χ3v) is 4.15. The predicted molar refractivity (Wildman–Crippen MR) is 85.3 cm³/mol. The maximum absolute atomic E-state index is 11.7. The topological polar surface area (TPSA) is 59.0 Å². The van der Waals surface area contributed by atoms with Gasteiger partial charge in [-0.3, -0.25) is 4.79 Å². The lowest BCUT2D eigenvalue weighted by atomic mass is 10.2. The third kappa shape index (κ3) is 4.41. The summed E-state index contributed by atoms with van der Waals surface area (Å²) in [5, 5.41) is 8.39. The molecule has 114 valence electrons. The van der Waals surface area contributed by atoms with Crippen LogP contribution in [-0.2, 0) is 11.8 Å². The Morgan fingerprint density at radius 2 is 2.33 bits per heavy atom. The molecule has 0 saturated heterocycles. The fourth-order valence-electron chi connectivity index (χ4n) is 2.11. The molecule has 1 atom stereocenters. The van der Waals surface area contributed by atoms with Crippen molar-refractivity contribution in [2.24, 2.45) is 7.05 Å². The van der Waals surface area contributed by atoms with Gasteiger partial charge in [-0.25, -0.2) is 4.98 Å². The normalized spacial score (nSPS) is 12.3. The second-order valence-corrected chi connectivity index (χ2v) is 5.88. The Labute approximate surface area is 129 Å². The molecule has 0 radical (unpaired) electrons. The Morgan fingerprint density at radius 1 is 1.48 bits per heavy atom. The highest BCUT2D eigenvalue weighted by Crippen LogP contribution is 2.24. The average Bonchev–Trinajstić information content (AvgIpc) is 3.13. The molecule has 0 aliphatic heterocycles. The van der Waals surface area contributed by atoms with E-state index in [1.165, 1.54) is 4.88 Å². The molecule has 5 nitrogen and oxygen atoms in total. The molecular weight excluding hydrogens is 284 g/mol. The molecule has 1 amide bonds. The Hall–Kier alpha value is -1.66. The smallest absolute Gasteiger partial charge is 0.221 e. The number of rotatable bonds is 8. The largest absolute Gasteiger partial charge is 0.356 e. The zero-order chi connectivity index (χ0) is 15.1. The number of aryl methyl sites for hydroxylation is 1. The van der Waals surface area contributed by atoms with Gasteiger partial charge >= 0.3 is 0 Å². The van der Waals surface area contributed by atoms with Gasteiger partial charge in [-0.1, -0.05) is 13.0 Å². The van der Waals surface area contributed by atoms with E-state index in [-0.39, 0.29) is 11.9 Å². The van der Waals surface area contributed by atoms with Crippen LogP contribution in [0.1, 0.15) is 36.5 Å². The van der Waals surface area contributed by atoms with Gasteiger partial charge in [0.1, 0.15) is 11.9 Å². The van der Waals surface area contributed by atoms with Crippen molar-refractivity contribution in [1.82, 2.24) is 20.2 Å². The molecule has 0 spiro atoms. The molecular formula is C15H22N4OS.